The third-order valence-electron chi connectivity index (χ3n) is 4.14. The molecule has 0 unspecified atom stereocenters. The quantitative estimate of drug-likeness (QED) is 0.522. The molecule has 0 spiro atoms. The Morgan fingerprint density at radius 1 is 1.03 bits per heavy atom. The molecule has 0 amide bonds. The van der Waals surface area contributed by atoms with E-state index in [-0.39, 0.29) is 17.2 Å². The summed E-state index contributed by atoms with van der Waals surface area (Å²) < 4.78 is 61.5. The van der Waals surface area contributed by atoms with Crippen LogP contribution in [0.3, 0.4) is 0 Å². The van der Waals surface area contributed by atoms with E-state index >= 15 is 0 Å². The molecule has 158 valence electrons. The summed E-state index contributed by atoms with van der Waals surface area (Å²) in [6.07, 6.45) is 4.04. The van der Waals surface area contributed by atoms with Gasteiger partial charge in [-0.05, 0) is 31.5 Å². The molecule has 0 fully saturated rings. The number of aromatic nitrogens is 2. The Balaban J connectivity index is 1.89. The number of aryl methyl sites for hydroxylation is 1. The number of pyridine rings is 2. The Morgan fingerprint density at radius 2 is 1.80 bits per heavy atom. The third-order valence-corrected chi connectivity index (χ3v) is 5.14. The largest absolute Gasteiger partial charge is 0.452 e. The van der Waals surface area contributed by atoms with E-state index in [4.69, 9.17) is 4.74 Å². The molecule has 30 heavy (non-hydrogen) atoms. The minimum Gasteiger partial charge on any atom is -0.452 e. The number of rotatable bonds is 7. The minimum absolute atomic E-state index is 0.194. The SMILES string of the molecule is CNS(=O)(=O)Nc1nccc(Oc2cncc(Nc3ccc(C)cc3F)c2C)c1F. The molecular formula is C19H19F2N5O3S. The average molecular weight is 435 g/mol. The van der Waals surface area contributed by atoms with Crippen LogP contribution in [0.5, 0.6) is 11.5 Å². The van der Waals surface area contributed by atoms with Crippen molar-refractivity contribution in [2.75, 3.05) is 17.1 Å². The van der Waals surface area contributed by atoms with Crippen LogP contribution in [0.15, 0.2) is 42.9 Å². The molecule has 3 rings (SSSR count). The number of hydrogen-bond acceptors (Lipinski definition) is 6. The first kappa shape index (κ1) is 21.4. The van der Waals surface area contributed by atoms with Gasteiger partial charge in [-0.1, -0.05) is 6.07 Å². The van der Waals surface area contributed by atoms with E-state index < -0.39 is 27.7 Å². The number of halogens is 2. The van der Waals surface area contributed by atoms with E-state index in [2.05, 4.69) is 15.3 Å². The van der Waals surface area contributed by atoms with Gasteiger partial charge in [0.2, 0.25) is 5.82 Å². The highest BCUT2D eigenvalue weighted by Gasteiger charge is 2.18. The monoisotopic (exact) mass is 435 g/mol. The predicted molar refractivity (Wildman–Crippen MR) is 109 cm³/mol. The lowest BCUT2D eigenvalue weighted by atomic mass is 10.2. The fourth-order valence-electron chi connectivity index (χ4n) is 2.47. The maximum atomic E-state index is 14.7. The number of anilines is 3. The van der Waals surface area contributed by atoms with E-state index in [1.165, 1.54) is 37.8 Å². The second-order valence-electron chi connectivity index (χ2n) is 6.30. The number of hydrogen-bond donors (Lipinski definition) is 3. The highest BCUT2D eigenvalue weighted by molar-refractivity contribution is 7.90. The molecule has 2 heterocycles. The van der Waals surface area contributed by atoms with Crippen molar-refractivity contribution in [1.29, 1.82) is 0 Å². The fraction of sp³-hybridized carbons (Fsp3) is 0.158. The van der Waals surface area contributed by atoms with E-state index in [0.29, 0.717) is 11.3 Å². The summed E-state index contributed by atoms with van der Waals surface area (Å²) in [6, 6.07) is 5.99. The highest BCUT2D eigenvalue weighted by atomic mass is 32.2. The van der Waals surface area contributed by atoms with Gasteiger partial charge >= 0.3 is 0 Å². The summed E-state index contributed by atoms with van der Waals surface area (Å²) in [5.41, 5.74) is 2.03. The van der Waals surface area contributed by atoms with Gasteiger partial charge in [0.15, 0.2) is 17.3 Å². The van der Waals surface area contributed by atoms with Gasteiger partial charge in [0.05, 0.1) is 23.8 Å². The molecule has 0 aliphatic heterocycles. The topological polar surface area (TPSA) is 105 Å². The van der Waals surface area contributed by atoms with Crippen molar-refractivity contribution in [1.82, 2.24) is 14.7 Å². The van der Waals surface area contributed by atoms with Gasteiger partial charge in [0.1, 0.15) is 5.82 Å². The first-order chi connectivity index (χ1) is 14.2. The van der Waals surface area contributed by atoms with E-state index in [1.807, 2.05) is 9.44 Å². The average Bonchev–Trinajstić information content (AvgIpc) is 2.69. The van der Waals surface area contributed by atoms with Crippen molar-refractivity contribution in [3.8, 4) is 11.5 Å². The van der Waals surface area contributed by atoms with E-state index in [1.54, 1.807) is 26.0 Å². The third kappa shape index (κ3) is 4.81. The van der Waals surface area contributed by atoms with Crippen molar-refractivity contribution < 1.29 is 21.9 Å². The molecule has 0 saturated heterocycles. The van der Waals surface area contributed by atoms with Crippen LogP contribution >= 0.6 is 0 Å². The van der Waals surface area contributed by atoms with Gasteiger partial charge in [0, 0.05) is 24.9 Å². The Labute approximate surface area is 172 Å². The molecule has 3 N–H and O–H groups in total. The fourth-order valence-corrected chi connectivity index (χ4v) is 2.97. The van der Waals surface area contributed by atoms with Crippen molar-refractivity contribution in [2.24, 2.45) is 0 Å². The molecule has 0 aliphatic carbocycles. The standard InChI is InChI=1S/C19H19F2N5O3S/c1-11-4-5-14(13(20)8-11)25-15-9-23-10-17(12(15)2)29-16-6-7-24-19(18(16)21)26-30(27,28)22-3/h4-10,22,25H,1-3H3,(H,24,26). The number of nitrogens with one attached hydrogen (secondary N) is 3. The summed E-state index contributed by atoms with van der Waals surface area (Å²) in [5, 5.41) is 2.94. The van der Waals surface area contributed by atoms with Gasteiger partial charge in [-0.15, -0.1) is 0 Å². The Morgan fingerprint density at radius 3 is 2.50 bits per heavy atom. The maximum Gasteiger partial charge on any atom is 0.300 e. The number of ether oxygens (including phenoxy) is 1. The zero-order valence-corrected chi connectivity index (χ0v) is 17.1. The number of nitrogens with zero attached hydrogens (tertiary/aromatic N) is 2. The maximum absolute atomic E-state index is 14.7. The summed E-state index contributed by atoms with van der Waals surface area (Å²) >= 11 is 0. The number of benzene rings is 1. The summed E-state index contributed by atoms with van der Waals surface area (Å²) in [6.45, 7) is 3.47. The Hall–Kier alpha value is -3.31. The van der Waals surface area contributed by atoms with Crippen molar-refractivity contribution >= 4 is 27.4 Å². The van der Waals surface area contributed by atoms with Crippen LogP contribution in [-0.2, 0) is 10.2 Å². The van der Waals surface area contributed by atoms with Crippen LogP contribution < -0.4 is 19.5 Å². The van der Waals surface area contributed by atoms with Gasteiger partial charge in [-0.25, -0.2) is 14.1 Å². The van der Waals surface area contributed by atoms with Crippen LogP contribution in [0.2, 0.25) is 0 Å². The Bertz CT molecular complexity index is 1190. The normalized spacial score (nSPS) is 11.2. The van der Waals surface area contributed by atoms with Crippen LogP contribution in [0, 0.1) is 25.5 Å². The molecule has 0 bridgehead atoms. The molecule has 8 nitrogen and oxygen atoms in total. The molecule has 1 aromatic carbocycles. The van der Waals surface area contributed by atoms with Crippen LogP contribution in [0.1, 0.15) is 11.1 Å². The zero-order chi connectivity index (χ0) is 21.9. The molecule has 3 aromatic rings. The smallest absolute Gasteiger partial charge is 0.300 e. The molecule has 0 atom stereocenters. The van der Waals surface area contributed by atoms with E-state index in [0.717, 1.165) is 5.56 Å². The van der Waals surface area contributed by atoms with E-state index in [9.17, 15) is 17.2 Å². The van der Waals surface area contributed by atoms with Gasteiger partial charge in [0.25, 0.3) is 10.2 Å². The lowest BCUT2D eigenvalue weighted by molar-refractivity contribution is 0.438. The second-order valence-corrected chi connectivity index (χ2v) is 7.92. The Kier molecular flexibility index (Phi) is 6.13. The van der Waals surface area contributed by atoms with Crippen molar-refractivity contribution in [3.05, 3.63) is 65.6 Å². The molecule has 0 radical (unpaired) electrons. The molecular weight excluding hydrogens is 416 g/mol. The molecule has 11 heteroatoms. The summed E-state index contributed by atoms with van der Waals surface area (Å²) in [7, 11) is -2.79. The predicted octanol–water partition coefficient (Wildman–Crippen LogP) is 3.78. The molecule has 2 aromatic heterocycles. The van der Waals surface area contributed by atoms with Crippen LogP contribution in [0.25, 0.3) is 0 Å². The summed E-state index contributed by atoms with van der Waals surface area (Å²) in [5.74, 6) is -2.02. The zero-order valence-electron chi connectivity index (χ0n) is 16.3. The van der Waals surface area contributed by atoms with Crippen LogP contribution in [-0.4, -0.2) is 25.4 Å². The van der Waals surface area contributed by atoms with Crippen molar-refractivity contribution in [3.63, 3.8) is 0 Å². The second kappa shape index (κ2) is 8.59. The van der Waals surface area contributed by atoms with Gasteiger partial charge < -0.3 is 10.1 Å². The van der Waals surface area contributed by atoms with Crippen LogP contribution in [0.4, 0.5) is 26.0 Å². The van der Waals surface area contributed by atoms with Crippen molar-refractivity contribution in [2.45, 2.75) is 13.8 Å². The molecule has 0 saturated carbocycles. The highest BCUT2D eigenvalue weighted by Crippen LogP contribution is 2.33. The molecule has 0 aliphatic rings. The lowest BCUT2D eigenvalue weighted by Crippen LogP contribution is -2.27. The lowest BCUT2D eigenvalue weighted by Gasteiger charge is -2.15. The van der Waals surface area contributed by atoms with Gasteiger partial charge in [-0.2, -0.15) is 12.8 Å². The summed E-state index contributed by atoms with van der Waals surface area (Å²) in [4.78, 5) is 7.71. The minimum atomic E-state index is -3.96. The first-order valence-corrected chi connectivity index (χ1v) is 10.2. The first-order valence-electron chi connectivity index (χ1n) is 8.71. The van der Waals surface area contributed by atoms with Gasteiger partial charge in [-0.3, -0.25) is 9.71 Å².